The first kappa shape index (κ1) is 23.4. The fourth-order valence-corrected chi connectivity index (χ4v) is 5.44. The average molecular weight is 501 g/mol. The summed E-state index contributed by atoms with van der Waals surface area (Å²) < 4.78 is 14.2. The highest BCUT2D eigenvalue weighted by atomic mass is 32.1. The molecule has 0 bridgehead atoms. The van der Waals surface area contributed by atoms with Crippen LogP contribution >= 0.6 is 11.3 Å². The quantitative estimate of drug-likeness (QED) is 0.359. The van der Waals surface area contributed by atoms with Crippen molar-refractivity contribution in [2.75, 3.05) is 16.8 Å². The van der Waals surface area contributed by atoms with E-state index in [-0.39, 0.29) is 23.1 Å². The van der Waals surface area contributed by atoms with Crippen LogP contribution in [0.3, 0.4) is 0 Å². The molecule has 180 valence electrons. The van der Waals surface area contributed by atoms with Crippen LogP contribution in [-0.4, -0.2) is 29.4 Å². The second-order valence-corrected chi connectivity index (χ2v) is 9.51. The van der Waals surface area contributed by atoms with E-state index in [2.05, 4.69) is 5.32 Å². The van der Waals surface area contributed by atoms with Crippen LogP contribution in [0.15, 0.2) is 72.8 Å². The molecule has 4 aromatic rings. The summed E-state index contributed by atoms with van der Waals surface area (Å²) in [6.45, 7) is 2.12. The summed E-state index contributed by atoms with van der Waals surface area (Å²) in [5, 5.41) is 11.8. The summed E-state index contributed by atoms with van der Waals surface area (Å²) in [4.78, 5) is 40.6. The molecule has 0 atom stereocenters. The van der Waals surface area contributed by atoms with E-state index >= 15 is 0 Å². The molecule has 0 fully saturated rings. The molecule has 5 rings (SSSR count). The summed E-state index contributed by atoms with van der Waals surface area (Å²) in [6, 6.07) is 19.8. The number of fused-ring (bicyclic) bond motifs is 3. The molecule has 0 unspecified atom stereocenters. The van der Waals surface area contributed by atoms with Gasteiger partial charge >= 0.3 is 5.97 Å². The summed E-state index contributed by atoms with van der Waals surface area (Å²) in [6.07, 6.45) is 0.519. The molecule has 6 nitrogen and oxygen atoms in total. The lowest BCUT2D eigenvalue weighted by Crippen LogP contribution is -2.32. The van der Waals surface area contributed by atoms with Gasteiger partial charge in [0.1, 0.15) is 5.82 Å². The number of aryl methyl sites for hydroxylation is 1. The van der Waals surface area contributed by atoms with Gasteiger partial charge in [0, 0.05) is 22.5 Å². The third kappa shape index (κ3) is 4.27. The van der Waals surface area contributed by atoms with Crippen molar-refractivity contribution in [3.63, 3.8) is 0 Å². The molecular weight excluding hydrogens is 479 g/mol. The van der Waals surface area contributed by atoms with E-state index in [4.69, 9.17) is 5.11 Å². The highest BCUT2D eigenvalue weighted by Crippen LogP contribution is 2.42. The number of hydrogen-bond acceptors (Lipinski definition) is 4. The normalized spacial score (nSPS) is 12.3. The molecule has 1 aromatic heterocycles. The third-order valence-corrected chi connectivity index (χ3v) is 7.37. The van der Waals surface area contributed by atoms with E-state index in [1.165, 1.54) is 41.7 Å². The van der Waals surface area contributed by atoms with Crippen molar-refractivity contribution in [1.29, 1.82) is 0 Å². The van der Waals surface area contributed by atoms with Gasteiger partial charge in [-0.1, -0.05) is 30.3 Å². The van der Waals surface area contributed by atoms with E-state index in [0.29, 0.717) is 34.7 Å². The summed E-state index contributed by atoms with van der Waals surface area (Å²) >= 11 is 1.31. The smallest absolute Gasteiger partial charge is 0.335 e. The Morgan fingerprint density at radius 1 is 0.972 bits per heavy atom. The first-order chi connectivity index (χ1) is 17.3. The highest BCUT2D eigenvalue weighted by Gasteiger charge is 2.28. The Bertz CT molecular complexity index is 1490. The molecule has 0 saturated heterocycles. The number of carboxylic acids is 1. The number of amides is 2. The highest BCUT2D eigenvalue weighted by molar-refractivity contribution is 7.17. The SMILES string of the molecule is Cc1cccc(F)c1NC(=O)c1cc2c(s1)-c1ccccc1N(C(=O)c1ccc(C(=O)O)cc1)CC2. The molecule has 0 spiro atoms. The number of benzene rings is 3. The Morgan fingerprint density at radius 3 is 2.42 bits per heavy atom. The van der Waals surface area contributed by atoms with Crippen LogP contribution in [0.4, 0.5) is 15.8 Å². The number of thiophene rings is 1. The Morgan fingerprint density at radius 2 is 1.69 bits per heavy atom. The number of halogens is 1. The van der Waals surface area contributed by atoms with Gasteiger partial charge in [-0.05, 0) is 66.9 Å². The van der Waals surface area contributed by atoms with Crippen molar-refractivity contribution in [2.45, 2.75) is 13.3 Å². The number of carbonyl (C=O) groups excluding carboxylic acids is 2. The van der Waals surface area contributed by atoms with Gasteiger partial charge < -0.3 is 15.3 Å². The van der Waals surface area contributed by atoms with E-state index < -0.39 is 11.8 Å². The summed E-state index contributed by atoms with van der Waals surface area (Å²) in [5.74, 6) is -2.16. The van der Waals surface area contributed by atoms with Crippen molar-refractivity contribution in [3.8, 4) is 10.4 Å². The molecule has 2 N–H and O–H groups in total. The van der Waals surface area contributed by atoms with Gasteiger partial charge in [-0.25, -0.2) is 9.18 Å². The largest absolute Gasteiger partial charge is 0.478 e. The molecule has 0 radical (unpaired) electrons. The Balaban J connectivity index is 1.47. The topological polar surface area (TPSA) is 86.7 Å². The van der Waals surface area contributed by atoms with Gasteiger partial charge in [0.25, 0.3) is 11.8 Å². The third-order valence-electron chi connectivity index (χ3n) is 6.16. The van der Waals surface area contributed by atoms with Crippen LogP contribution in [0.5, 0.6) is 0 Å². The minimum absolute atomic E-state index is 0.112. The molecule has 2 amide bonds. The van der Waals surface area contributed by atoms with Crippen LogP contribution in [0.25, 0.3) is 10.4 Å². The second-order valence-electron chi connectivity index (χ2n) is 8.46. The van der Waals surface area contributed by atoms with Crippen molar-refractivity contribution >= 4 is 40.5 Å². The first-order valence-electron chi connectivity index (χ1n) is 11.3. The molecule has 1 aliphatic heterocycles. The Labute approximate surface area is 210 Å². The molecule has 8 heteroatoms. The predicted octanol–water partition coefficient (Wildman–Crippen LogP) is 6.02. The fraction of sp³-hybridized carbons (Fsp3) is 0.107. The zero-order chi connectivity index (χ0) is 25.4. The van der Waals surface area contributed by atoms with Crippen molar-refractivity contribution in [3.05, 3.63) is 106 Å². The number of nitrogens with zero attached hydrogens (tertiary/aromatic N) is 1. The molecule has 0 aliphatic carbocycles. The molecule has 36 heavy (non-hydrogen) atoms. The fourth-order valence-electron chi connectivity index (χ4n) is 4.30. The average Bonchev–Trinajstić information content (AvgIpc) is 3.24. The molecule has 2 heterocycles. The lowest BCUT2D eigenvalue weighted by Gasteiger charge is -2.23. The molecule has 1 aliphatic rings. The number of carboxylic acid groups (broad SMARTS) is 1. The van der Waals surface area contributed by atoms with Gasteiger partial charge in [-0.2, -0.15) is 0 Å². The van der Waals surface area contributed by atoms with E-state index in [0.717, 1.165) is 16.0 Å². The van der Waals surface area contributed by atoms with Gasteiger partial charge in [-0.3, -0.25) is 9.59 Å². The number of anilines is 2. The number of nitrogens with one attached hydrogen (secondary N) is 1. The number of rotatable bonds is 4. The number of aromatic carboxylic acids is 1. The minimum atomic E-state index is -1.05. The summed E-state index contributed by atoms with van der Waals surface area (Å²) in [7, 11) is 0. The monoisotopic (exact) mass is 500 g/mol. The van der Waals surface area contributed by atoms with E-state index in [1.54, 1.807) is 30.0 Å². The number of hydrogen-bond donors (Lipinski definition) is 2. The van der Waals surface area contributed by atoms with Crippen molar-refractivity contribution in [2.24, 2.45) is 0 Å². The Kier molecular flexibility index (Phi) is 6.12. The number of para-hydroxylation sites is 2. The predicted molar refractivity (Wildman–Crippen MR) is 138 cm³/mol. The van der Waals surface area contributed by atoms with Crippen molar-refractivity contribution < 1.29 is 23.9 Å². The van der Waals surface area contributed by atoms with Gasteiger partial charge in [0.2, 0.25) is 0 Å². The van der Waals surface area contributed by atoms with E-state index in [1.807, 2.05) is 24.3 Å². The van der Waals surface area contributed by atoms with E-state index in [9.17, 15) is 18.8 Å². The lowest BCUT2D eigenvalue weighted by molar-refractivity contribution is 0.0696. The van der Waals surface area contributed by atoms with Crippen molar-refractivity contribution in [1.82, 2.24) is 0 Å². The maximum absolute atomic E-state index is 14.2. The molecular formula is C28H21FN2O4S. The minimum Gasteiger partial charge on any atom is -0.478 e. The molecule has 0 saturated carbocycles. The van der Waals surface area contributed by atoms with Crippen LogP contribution in [0.1, 0.15) is 41.5 Å². The summed E-state index contributed by atoms with van der Waals surface area (Å²) in [5.41, 5.74) is 3.77. The van der Waals surface area contributed by atoms with Gasteiger partial charge in [-0.15, -0.1) is 11.3 Å². The number of carbonyl (C=O) groups is 3. The first-order valence-corrected chi connectivity index (χ1v) is 12.1. The zero-order valence-corrected chi connectivity index (χ0v) is 20.1. The molecule has 3 aromatic carbocycles. The van der Waals surface area contributed by atoms with Crippen LogP contribution in [-0.2, 0) is 6.42 Å². The standard InChI is InChI=1S/C28H21FN2O4S/c1-16-5-4-7-21(29)24(16)30-26(32)23-15-19-13-14-31(22-8-3-2-6-20(22)25(19)36-23)27(33)17-9-11-18(12-10-17)28(34)35/h2-12,15H,13-14H2,1H3,(H,30,32)(H,34,35). The zero-order valence-electron chi connectivity index (χ0n) is 19.2. The lowest BCUT2D eigenvalue weighted by atomic mass is 10.1. The van der Waals surface area contributed by atoms with Crippen LogP contribution in [0, 0.1) is 12.7 Å². The van der Waals surface area contributed by atoms with Crippen LogP contribution < -0.4 is 10.2 Å². The second kappa shape index (κ2) is 9.39. The maximum atomic E-state index is 14.2. The maximum Gasteiger partial charge on any atom is 0.335 e. The van der Waals surface area contributed by atoms with Crippen LogP contribution in [0.2, 0.25) is 0 Å². The Hall–Kier alpha value is -4.30. The van der Waals surface area contributed by atoms with Gasteiger partial charge in [0.05, 0.1) is 21.8 Å². The van der Waals surface area contributed by atoms with Gasteiger partial charge in [0.15, 0.2) is 0 Å².